The van der Waals surface area contributed by atoms with Gasteiger partial charge in [0, 0.05) is 18.4 Å². The maximum atomic E-state index is 11.5. The third kappa shape index (κ3) is 5.41. The van der Waals surface area contributed by atoms with Crippen LogP contribution in [0.4, 0.5) is 0 Å². The van der Waals surface area contributed by atoms with Gasteiger partial charge in [-0.25, -0.2) is 13.1 Å². The lowest BCUT2D eigenvalue weighted by atomic mass is 10.0. The van der Waals surface area contributed by atoms with Gasteiger partial charge in [-0.3, -0.25) is 4.98 Å². The number of sulfonamides is 1. The zero-order valence-corrected chi connectivity index (χ0v) is 16.0. The molecule has 3 rings (SSSR count). The average molecular weight is 397 g/mol. The summed E-state index contributed by atoms with van der Waals surface area (Å²) in [6.07, 6.45) is 4.02. The molecule has 2 heterocycles. The molecule has 0 amide bonds. The van der Waals surface area contributed by atoms with Crippen LogP contribution in [-0.4, -0.2) is 45.0 Å². The second-order valence-corrected chi connectivity index (χ2v) is 8.46. The summed E-state index contributed by atoms with van der Waals surface area (Å²) in [5, 5.41) is 0.596. The van der Waals surface area contributed by atoms with Crippen LogP contribution >= 0.6 is 11.6 Å². The molecule has 6 nitrogen and oxygen atoms in total. The van der Waals surface area contributed by atoms with E-state index in [1.165, 1.54) is 0 Å². The highest BCUT2D eigenvalue weighted by molar-refractivity contribution is 7.88. The molecule has 1 saturated heterocycles. The van der Waals surface area contributed by atoms with Gasteiger partial charge in [0.15, 0.2) is 0 Å². The topological polar surface area (TPSA) is 77.5 Å². The Hall–Kier alpha value is -1.67. The quantitative estimate of drug-likeness (QED) is 0.812. The molecule has 8 heteroatoms. The van der Waals surface area contributed by atoms with Gasteiger partial charge < -0.3 is 9.47 Å². The van der Waals surface area contributed by atoms with Crippen molar-refractivity contribution in [2.75, 3.05) is 19.5 Å². The van der Waals surface area contributed by atoms with Crippen LogP contribution in [0.15, 0.2) is 42.6 Å². The van der Waals surface area contributed by atoms with Crippen molar-refractivity contribution >= 4 is 21.6 Å². The Morgan fingerprint density at radius 2 is 2.04 bits per heavy atom. The Bertz CT molecular complexity index is 825. The Labute approximate surface area is 158 Å². The van der Waals surface area contributed by atoms with Gasteiger partial charge in [-0.05, 0) is 49.2 Å². The van der Waals surface area contributed by atoms with E-state index in [0.29, 0.717) is 17.4 Å². The van der Waals surface area contributed by atoms with E-state index in [4.69, 9.17) is 21.1 Å². The number of nitrogens with zero attached hydrogens (tertiary/aromatic N) is 1. The number of hydrogen-bond donors (Lipinski definition) is 1. The lowest BCUT2D eigenvalue weighted by Gasteiger charge is -2.31. The largest absolute Gasteiger partial charge is 0.491 e. The molecular weight excluding hydrogens is 376 g/mol. The average Bonchev–Trinajstić information content (AvgIpc) is 2.61. The lowest BCUT2D eigenvalue weighted by molar-refractivity contribution is -0.0278. The monoisotopic (exact) mass is 396 g/mol. The molecule has 0 aliphatic carbocycles. The summed E-state index contributed by atoms with van der Waals surface area (Å²) in [5.74, 6) is 0.690. The number of aromatic nitrogens is 1. The molecule has 1 N–H and O–H groups in total. The van der Waals surface area contributed by atoms with Crippen LogP contribution in [0.1, 0.15) is 12.8 Å². The summed E-state index contributed by atoms with van der Waals surface area (Å²) in [4.78, 5) is 4.28. The van der Waals surface area contributed by atoms with Crippen molar-refractivity contribution in [1.82, 2.24) is 9.71 Å². The molecule has 1 aliphatic heterocycles. The molecule has 0 radical (unpaired) electrons. The summed E-state index contributed by atoms with van der Waals surface area (Å²) in [7, 11) is -3.28. The first-order valence-corrected chi connectivity index (χ1v) is 10.6. The summed E-state index contributed by atoms with van der Waals surface area (Å²) < 4.78 is 37.1. The van der Waals surface area contributed by atoms with Crippen LogP contribution in [-0.2, 0) is 14.8 Å². The number of nitrogens with one attached hydrogen (secondary N) is 1. The van der Waals surface area contributed by atoms with E-state index < -0.39 is 10.0 Å². The van der Waals surface area contributed by atoms with Gasteiger partial charge in [-0.15, -0.1) is 0 Å². The number of halogens is 1. The third-order valence-corrected chi connectivity index (χ3v) is 5.05. The normalized spacial score (nSPS) is 20.7. The highest BCUT2D eigenvalue weighted by Crippen LogP contribution is 2.23. The number of benzene rings is 1. The van der Waals surface area contributed by atoms with Gasteiger partial charge in [-0.2, -0.15) is 0 Å². The van der Waals surface area contributed by atoms with Gasteiger partial charge in [0.05, 0.1) is 23.0 Å². The number of pyridine rings is 1. The van der Waals surface area contributed by atoms with Crippen LogP contribution in [0, 0.1) is 0 Å². The molecule has 2 unspecified atom stereocenters. The van der Waals surface area contributed by atoms with Crippen LogP contribution in [0.2, 0.25) is 5.02 Å². The molecule has 0 bridgehead atoms. The minimum atomic E-state index is -3.28. The molecule has 0 spiro atoms. The van der Waals surface area contributed by atoms with E-state index in [2.05, 4.69) is 9.71 Å². The summed E-state index contributed by atoms with van der Waals surface area (Å²) >= 11 is 5.85. The molecule has 2 aromatic rings. The molecule has 1 fully saturated rings. The molecule has 1 aromatic heterocycles. The van der Waals surface area contributed by atoms with Crippen molar-refractivity contribution in [2.24, 2.45) is 0 Å². The first-order chi connectivity index (χ1) is 12.4. The Morgan fingerprint density at radius 1 is 1.27 bits per heavy atom. The third-order valence-electron chi connectivity index (χ3n) is 4.10. The fourth-order valence-corrected chi connectivity index (χ4v) is 3.79. The molecule has 140 valence electrons. The van der Waals surface area contributed by atoms with Gasteiger partial charge in [-0.1, -0.05) is 11.6 Å². The second kappa shape index (κ2) is 8.35. The maximum absolute atomic E-state index is 11.5. The Kier molecular flexibility index (Phi) is 6.13. The minimum absolute atomic E-state index is 0.267. The number of ether oxygens (including phenoxy) is 2. The van der Waals surface area contributed by atoms with E-state index in [9.17, 15) is 8.42 Å². The van der Waals surface area contributed by atoms with Crippen molar-refractivity contribution in [1.29, 1.82) is 0 Å². The first-order valence-electron chi connectivity index (χ1n) is 8.34. The van der Waals surface area contributed by atoms with Crippen molar-refractivity contribution in [2.45, 2.75) is 25.0 Å². The SMILES string of the molecule is CS(=O)(=O)NC1CCCOC1COc1ccc(-c2ccc(Cl)cn2)cc1. The molecule has 1 aromatic carbocycles. The lowest BCUT2D eigenvalue weighted by Crippen LogP contribution is -2.49. The molecule has 1 aliphatic rings. The van der Waals surface area contributed by atoms with Gasteiger partial charge in [0.25, 0.3) is 0 Å². The number of hydrogen-bond acceptors (Lipinski definition) is 5. The summed E-state index contributed by atoms with van der Waals surface area (Å²) in [6, 6.07) is 10.9. The van der Waals surface area contributed by atoms with Crippen LogP contribution in [0.25, 0.3) is 11.3 Å². The van der Waals surface area contributed by atoms with Crippen molar-refractivity contribution < 1.29 is 17.9 Å². The standard InChI is InChI=1S/C18H21ClN2O4S/c1-26(22,23)21-17-3-2-10-24-18(17)12-25-15-7-4-13(5-8-15)16-9-6-14(19)11-20-16/h4-9,11,17-18,21H,2-3,10,12H2,1H3. The molecule has 0 saturated carbocycles. The van der Waals surface area contributed by atoms with E-state index in [1.54, 1.807) is 12.3 Å². The maximum Gasteiger partial charge on any atom is 0.209 e. The summed E-state index contributed by atoms with van der Waals surface area (Å²) in [6.45, 7) is 0.892. The smallest absolute Gasteiger partial charge is 0.209 e. The van der Waals surface area contributed by atoms with Gasteiger partial charge >= 0.3 is 0 Å². The zero-order chi connectivity index (χ0) is 18.6. The molecule has 2 atom stereocenters. The highest BCUT2D eigenvalue weighted by Gasteiger charge is 2.28. The minimum Gasteiger partial charge on any atom is -0.491 e. The fraction of sp³-hybridized carbons (Fsp3) is 0.389. The highest BCUT2D eigenvalue weighted by atomic mass is 35.5. The predicted octanol–water partition coefficient (Wildman–Crippen LogP) is 2.88. The van der Waals surface area contributed by atoms with Crippen molar-refractivity contribution in [3.05, 3.63) is 47.6 Å². The Balaban J connectivity index is 1.61. The van der Waals surface area contributed by atoms with E-state index in [1.807, 2.05) is 30.3 Å². The van der Waals surface area contributed by atoms with Gasteiger partial charge in [0.1, 0.15) is 18.5 Å². The molecule has 26 heavy (non-hydrogen) atoms. The van der Waals surface area contributed by atoms with E-state index in [0.717, 1.165) is 30.4 Å². The molecular formula is C18H21ClN2O4S. The van der Waals surface area contributed by atoms with Gasteiger partial charge in [0.2, 0.25) is 10.0 Å². The van der Waals surface area contributed by atoms with Crippen molar-refractivity contribution in [3.63, 3.8) is 0 Å². The predicted molar refractivity (Wildman–Crippen MR) is 101 cm³/mol. The second-order valence-electron chi connectivity index (χ2n) is 6.25. The first kappa shape index (κ1) is 19.1. The fourth-order valence-electron chi connectivity index (χ4n) is 2.86. The van der Waals surface area contributed by atoms with E-state index in [-0.39, 0.29) is 18.8 Å². The zero-order valence-electron chi connectivity index (χ0n) is 14.4. The van der Waals surface area contributed by atoms with Crippen LogP contribution in [0.5, 0.6) is 5.75 Å². The van der Waals surface area contributed by atoms with E-state index >= 15 is 0 Å². The number of rotatable bonds is 6. The van der Waals surface area contributed by atoms with Crippen LogP contribution in [0.3, 0.4) is 0 Å². The summed E-state index contributed by atoms with van der Waals surface area (Å²) in [5.41, 5.74) is 1.79. The van der Waals surface area contributed by atoms with Crippen molar-refractivity contribution in [3.8, 4) is 17.0 Å². The Morgan fingerprint density at radius 3 is 2.69 bits per heavy atom. The van der Waals surface area contributed by atoms with Crippen LogP contribution < -0.4 is 9.46 Å².